The normalized spacial score (nSPS) is 10.6. The summed E-state index contributed by atoms with van der Waals surface area (Å²) in [6.07, 6.45) is 0. The maximum Gasteiger partial charge on any atom is 0.254 e. The average molecular weight is 247 g/mol. The second kappa shape index (κ2) is 4.60. The van der Waals surface area contributed by atoms with Gasteiger partial charge in [-0.1, -0.05) is 6.07 Å². The van der Waals surface area contributed by atoms with E-state index in [1.807, 2.05) is 0 Å². The molecule has 0 spiro atoms. The molecule has 94 valence electrons. The minimum absolute atomic E-state index is 0.0937. The van der Waals surface area contributed by atoms with Crippen LogP contribution in [0.25, 0.3) is 0 Å². The fourth-order valence-corrected chi connectivity index (χ4v) is 1.86. The van der Waals surface area contributed by atoms with Gasteiger partial charge in [-0.15, -0.1) is 0 Å². The zero-order valence-electron chi connectivity index (χ0n) is 10.3. The third-order valence-electron chi connectivity index (χ3n) is 2.80. The van der Waals surface area contributed by atoms with Gasteiger partial charge in [-0.2, -0.15) is 0 Å². The van der Waals surface area contributed by atoms with Crippen LogP contribution >= 0.6 is 0 Å². The van der Waals surface area contributed by atoms with Crippen LogP contribution < -0.4 is 11.3 Å². The molecule has 1 heterocycles. The number of hydrogen-bond donors (Lipinski definition) is 1. The average Bonchev–Trinajstić information content (AvgIpc) is 2.26. The first-order chi connectivity index (χ1) is 8.49. The van der Waals surface area contributed by atoms with E-state index in [-0.39, 0.29) is 12.1 Å². The Morgan fingerprint density at radius 3 is 2.72 bits per heavy atom. The highest BCUT2D eigenvalue weighted by molar-refractivity contribution is 5.47. The van der Waals surface area contributed by atoms with Crippen LogP contribution in [0.3, 0.4) is 0 Å². The molecule has 0 saturated heterocycles. The van der Waals surface area contributed by atoms with Crippen molar-refractivity contribution in [2.45, 2.75) is 20.4 Å². The molecule has 0 aliphatic carbocycles. The van der Waals surface area contributed by atoms with Crippen LogP contribution in [0, 0.1) is 19.7 Å². The molecule has 0 amide bonds. The van der Waals surface area contributed by atoms with Crippen molar-refractivity contribution < 1.29 is 4.39 Å². The number of aromatic nitrogens is 2. The summed E-state index contributed by atoms with van der Waals surface area (Å²) in [5, 5.41) is 0. The molecular formula is C13H14FN3O. The first-order valence-electron chi connectivity index (χ1n) is 5.57. The fourth-order valence-electron chi connectivity index (χ4n) is 1.86. The van der Waals surface area contributed by atoms with Gasteiger partial charge in [0, 0.05) is 23.0 Å². The van der Waals surface area contributed by atoms with Crippen LogP contribution in [0.2, 0.25) is 0 Å². The first-order valence-corrected chi connectivity index (χ1v) is 5.57. The Kier molecular flexibility index (Phi) is 3.14. The SMILES string of the molecule is Cc1cc(=O)n(Cc2c(N)cccc2F)c(C)n1. The Morgan fingerprint density at radius 1 is 1.39 bits per heavy atom. The van der Waals surface area contributed by atoms with Crippen molar-refractivity contribution in [1.29, 1.82) is 0 Å². The van der Waals surface area contributed by atoms with Crippen molar-refractivity contribution >= 4 is 5.69 Å². The zero-order valence-corrected chi connectivity index (χ0v) is 10.3. The maximum atomic E-state index is 13.7. The van der Waals surface area contributed by atoms with Crippen LogP contribution in [-0.4, -0.2) is 9.55 Å². The van der Waals surface area contributed by atoms with Gasteiger partial charge in [-0.3, -0.25) is 9.36 Å². The molecule has 2 rings (SSSR count). The maximum absolute atomic E-state index is 13.7. The van der Waals surface area contributed by atoms with Gasteiger partial charge in [0.25, 0.3) is 5.56 Å². The number of hydrogen-bond acceptors (Lipinski definition) is 3. The number of halogens is 1. The second-order valence-corrected chi connectivity index (χ2v) is 4.18. The quantitative estimate of drug-likeness (QED) is 0.820. The molecule has 5 heteroatoms. The van der Waals surface area contributed by atoms with Crippen LogP contribution in [-0.2, 0) is 6.54 Å². The van der Waals surface area contributed by atoms with E-state index in [0.717, 1.165) is 0 Å². The van der Waals surface area contributed by atoms with Crippen molar-refractivity contribution in [2.75, 3.05) is 5.73 Å². The molecule has 0 atom stereocenters. The Morgan fingerprint density at radius 2 is 2.11 bits per heavy atom. The molecule has 2 aromatic rings. The van der Waals surface area contributed by atoms with E-state index < -0.39 is 5.82 Å². The van der Waals surface area contributed by atoms with E-state index in [1.165, 1.54) is 22.8 Å². The standard InChI is InChI=1S/C13H14FN3O/c1-8-6-13(18)17(9(2)16-8)7-10-11(14)4-3-5-12(10)15/h3-6H,7,15H2,1-2H3. The lowest BCUT2D eigenvalue weighted by molar-refractivity contribution is 0.590. The third-order valence-corrected chi connectivity index (χ3v) is 2.80. The lowest BCUT2D eigenvalue weighted by Crippen LogP contribution is -2.24. The summed E-state index contributed by atoms with van der Waals surface area (Å²) in [5.41, 5.74) is 6.81. The van der Waals surface area contributed by atoms with Crippen LogP contribution in [0.4, 0.5) is 10.1 Å². The van der Waals surface area contributed by atoms with E-state index in [2.05, 4.69) is 4.98 Å². The van der Waals surface area contributed by atoms with E-state index in [1.54, 1.807) is 19.9 Å². The molecule has 0 bridgehead atoms. The van der Waals surface area contributed by atoms with E-state index in [9.17, 15) is 9.18 Å². The number of benzene rings is 1. The van der Waals surface area contributed by atoms with Gasteiger partial charge in [0.15, 0.2) is 0 Å². The molecule has 0 aliphatic heterocycles. The number of rotatable bonds is 2. The van der Waals surface area contributed by atoms with Gasteiger partial charge < -0.3 is 5.73 Å². The van der Waals surface area contributed by atoms with Crippen LogP contribution in [0.15, 0.2) is 29.1 Å². The molecule has 0 saturated carbocycles. The van der Waals surface area contributed by atoms with E-state index in [0.29, 0.717) is 22.8 Å². The summed E-state index contributed by atoms with van der Waals surface area (Å²) in [6, 6.07) is 5.90. The van der Waals surface area contributed by atoms with E-state index >= 15 is 0 Å². The Labute approximate surface area is 104 Å². The number of nitrogens with two attached hydrogens (primary N) is 1. The topological polar surface area (TPSA) is 60.9 Å². The molecule has 2 N–H and O–H groups in total. The number of nitrogen functional groups attached to an aromatic ring is 1. The Bertz CT molecular complexity index is 629. The van der Waals surface area contributed by atoms with Crippen LogP contribution in [0.1, 0.15) is 17.1 Å². The van der Waals surface area contributed by atoms with Crippen molar-refractivity contribution in [3.05, 3.63) is 57.5 Å². The van der Waals surface area contributed by atoms with Gasteiger partial charge in [0.05, 0.1) is 6.54 Å². The highest BCUT2D eigenvalue weighted by Crippen LogP contribution is 2.16. The number of anilines is 1. The minimum atomic E-state index is -0.415. The van der Waals surface area contributed by atoms with Gasteiger partial charge in [0.2, 0.25) is 0 Å². The number of nitrogens with zero attached hydrogens (tertiary/aromatic N) is 2. The molecule has 0 fully saturated rings. The summed E-state index contributed by atoms with van der Waals surface area (Å²) in [4.78, 5) is 16.0. The monoisotopic (exact) mass is 247 g/mol. The largest absolute Gasteiger partial charge is 0.398 e. The lowest BCUT2D eigenvalue weighted by atomic mass is 10.1. The minimum Gasteiger partial charge on any atom is -0.398 e. The number of aryl methyl sites for hydroxylation is 2. The third kappa shape index (κ3) is 2.25. The highest BCUT2D eigenvalue weighted by Gasteiger charge is 2.10. The summed E-state index contributed by atoms with van der Waals surface area (Å²) in [7, 11) is 0. The predicted molar refractivity (Wildman–Crippen MR) is 67.9 cm³/mol. The van der Waals surface area contributed by atoms with Gasteiger partial charge >= 0.3 is 0 Å². The van der Waals surface area contributed by atoms with Crippen LogP contribution in [0.5, 0.6) is 0 Å². The molecule has 0 aliphatic rings. The predicted octanol–water partition coefficient (Wildman–Crippen LogP) is 1.63. The Balaban J connectivity index is 2.50. The first kappa shape index (κ1) is 12.3. The highest BCUT2D eigenvalue weighted by atomic mass is 19.1. The summed E-state index contributed by atoms with van der Waals surface area (Å²) >= 11 is 0. The molecule has 1 aromatic carbocycles. The molecule has 0 unspecified atom stereocenters. The van der Waals surface area contributed by atoms with Crippen molar-refractivity contribution in [2.24, 2.45) is 0 Å². The lowest BCUT2D eigenvalue weighted by Gasteiger charge is -2.12. The van der Waals surface area contributed by atoms with Crippen molar-refractivity contribution in [3.63, 3.8) is 0 Å². The molecule has 4 nitrogen and oxygen atoms in total. The van der Waals surface area contributed by atoms with Crippen molar-refractivity contribution in [1.82, 2.24) is 9.55 Å². The molecule has 1 aromatic heterocycles. The Hall–Kier alpha value is -2.17. The van der Waals surface area contributed by atoms with E-state index in [4.69, 9.17) is 5.73 Å². The summed E-state index contributed by atoms with van der Waals surface area (Å²) < 4.78 is 15.1. The smallest absolute Gasteiger partial charge is 0.254 e. The fraction of sp³-hybridized carbons (Fsp3) is 0.231. The zero-order chi connectivity index (χ0) is 13.3. The van der Waals surface area contributed by atoms with Gasteiger partial charge in [0.1, 0.15) is 11.6 Å². The molecule has 0 radical (unpaired) electrons. The molecule has 18 heavy (non-hydrogen) atoms. The molecular weight excluding hydrogens is 233 g/mol. The summed E-state index contributed by atoms with van der Waals surface area (Å²) in [5.74, 6) is 0.129. The van der Waals surface area contributed by atoms with Crippen molar-refractivity contribution in [3.8, 4) is 0 Å². The van der Waals surface area contributed by atoms with Gasteiger partial charge in [-0.05, 0) is 26.0 Å². The van der Waals surface area contributed by atoms with Gasteiger partial charge in [-0.25, -0.2) is 9.37 Å². The summed E-state index contributed by atoms with van der Waals surface area (Å²) in [6.45, 7) is 3.55. The second-order valence-electron chi connectivity index (χ2n) is 4.18.